The van der Waals surface area contributed by atoms with Gasteiger partial charge in [-0.2, -0.15) is 0 Å². The Morgan fingerprint density at radius 1 is 0.778 bits per heavy atom. The average molecular weight is 381 g/mol. The zero-order valence-corrected chi connectivity index (χ0v) is 17.7. The highest BCUT2D eigenvalue weighted by atomic mass is 16.5. The Morgan fingerprint density at radius 2 is 1.30 bits per heavy atom. The van der Waals surface area contributed by atoms with Crippen LogP contribution in [0.2, 0.25) is 0 Å². The summed E-state index contributed by atoms with van der Waals surface area (Å²) >= 11 is 0. The smallest absolute Gasteiger partial charge is 0.178 e. The number of hydrogen-bond acceptors (Lipinski definition) is 4. The molecule has 0 spiro atoms. The van der Waals surface area contributed by atoms with Gasteiger partial charge in [-0.3, -0.25) is 0 Å². The number of hydrogen-bond donors (Lipinski definition) is 2. The molecule has 1 rings (SSSR count). The van der Waals surface area contributed by atoms with Crippen molar-refractivity contribution in [1.82, 2.24) is 0 Å². The minimum absolute atomic E-state index is 0.428. The van der Waals surface area contributed by atoms with E-state index in [2.05, 4.69) is 27.7 Å². The van der Waals surface area contributed by atoms with Crippen molar-refractivity contribution in [1.29, 1.82) is 0 Å². The molecule has 0 saturated carbocycles. The monoisotopic (exact) mass is 380 g/mol. The van der Waals surface area contributed by atoms with E-state index in [1.54, 1.807) is 18.2 Å². The number of aliphatic hydroxyl groups excluding tert-OH is 1. The molecular weight excluding hydrogens is 340 g/mol. The van der Waals surface area contributed by atoms with Crippen molar-refractivity contribution in [3.63, 3.8) is 0 Å². The van der Waals surface area contributed by atoms with Gasteiger partial charge >= 0.3 is 0 Å². The minimum Gasteiger partial charge on any atom is -0.489 e. The number of aliphatic hydroxyl groups is 2. The lowest BCUT2D eigenvalue weighted by molar-refractivity contribution is -0.0426. The van der Waals surface area contributed by atoms with Crippen LogP contribution in [0.4, 0.5) is 0 Å². The molecule has 1 aromatic carbocycles. The summed E-state index contributed by atoms with van der Waals surface area (Å²) in [6.07, 6.45) is 7.80. The van der Waals surface area contributed by atoms with E-state index in [9.17, 15) is 10.2 Å². The van der Waals surface area contributed by atoms with Gasteiger partial charge in [-0.25, -0.2) is 0 Å². The average Bonchev–Trinajstić information content (AvgIpc) is 2.68. The third-order valence-electron chi connectivity index (χ3n) is 5.30. The second kappa shape index (κ2) is 13.8. The van der Waals surface area contributed by atoms with Crippen LogP contribution in [0.25, 0.3) is 0 Å². The zero-order valence-electron chi connectivity index (χ0n) is 17.7. The van der Waals surface area contributed by atoms with Gasteiger partial charge in [0.05, 0.1) is 13.2 Å². The predicted molar refractivity (Wildman–Crippen MR) is 111 cm³/mol. The maximum absolute atomic E-state index is 9.49. The van der Waals surface area contributed by atoms with Gasteiger partial charge in [0.15, 0.2) is 17.8 Å². The SMILES string of the molecule is CCCCC(CC)COc1ccc(C(O)O)cc1OCC(CC)CCCC. The molecule has 4 nitrogen and oxygen atoms in total. The fraction of sp³-hybridized carbons (Fsp3) is 0.739. The van der Waals surface area contributed by atoms with Gasteiger partial charge in [-0.05, 0) is 36.8 Å². The number of ether oxygens (including phenoxy) is 2. The first kappa shape index (κ1) is 23.8. The van der Waals surface area contributed by atoms with Gasteiger partial charge in [0, 0.05) is 5.56 Å². The molecule has 0 aliphatic rings. The van der Waals surface area contributed by atoms with Crippen LogP contribution in [-0.4, -0.2) is 23.4 Å². The Bertz CT molecular complexity index is 501. The molecule has 156 valence electrons. The molecule has 0 radical (unpaired) electrons. The lowest BCUT2D eigenvalue weighted by Crippen LogP contribution is -2.14. The van der Waals surface area contributed by atoms with Crippen molar-refractivity contribution < 1.29 is 19.7 Å². The fourth-order valence-electron chi connectivity index (χ4n) is 3.13. The predicted octanol–water partition coefficient (Wildman–Crippen LogP) is 5.86. The highest BCUT2D eigenvalue weighted by molar-refractivity contribution is 5.43. The molecule has 0 aliphatic heterocycles. The van der Waals surface area contributed by atoms with Gasteiger partial charge in [-0.15, -0.1) is 0 Å². The molecule has 0 fully saturated rings. The third-order valence-corrected chi connectivity index (χ3v) is 5.30. The van der Waals surface area contributed by atoms with Crippen molar-refractivity contribution in [2.24, 2.45) is 11.8 Å². The van der Waals surface area contributed by atoms with Crippen LogP contribution in [-0.2, 0) is 0 Å². The summed E-state index contributed by atoms with van der Waals surface area (Å²) in [5.74, 6) is 2.35. The molecule has 0 amide bonds. The number of benzene rings is 1. The Morgan fingerprint density at radius 3 is 1.74 bits per heavy atom. The van der Waals surface area contributed by atoms with Crippen LogP contribution >= 0.6 is 0 Å². The van der Waals surface area contributed by atoms with E-state index in [0.717, 1.165) is 19.3 Å². The normalized spacial score (nSPS) is 13.6. The molecule has 0 bridgehead atoms. The van der Waals surface area contributed by atoms with E-state index in [1.807, 2.05) is 0 Å². The largest absolute Gasteiger partial charge is 0.489 e. The summed E-state index contributed by atoms with van der Waals surface area (Å²) < 4.78 is 12.2. The van der Waals surface area contributed by atoms with Crippen LogP contribution in [0.5, 0.6) is 11.5 Å². The Balaban J connectivity index is 2.80. The van der Waals surface area contributed by atoms with E-state index in [0.29, 0.717) is 42.1 Å². The maximum Gasteiger partial charge on any atom is 0.178 e. The molecule has 27 heavy (non-hydrogen) atoms. The van der Waals surface area contributed by atoms with Gasteiger partial charge in [-0.1, -0.05) is 72.3 Å². The number of unbranched alkanes of at least 4 members (excludes halogenated alkanes) is 2. The molecule has 2 N–H and O–H groups in total. The summed E-state index contributed by atoms with van der Waals surface area (Å²) in [6, 6.07) is 5.18. The summed E-state index contributed by atoms with van der Waals surface area (Å²) in [4.78, 5) is 0. The van der Waals surface area contributed by atoms with Crippen molar-refractivity contribution in [3.8, 4) is 11.5 Å². The Hall–Kier alpha value is -1.26. The second-order valence-corrected chi connectivity index (χ2v) is 7.53. The van der Waals surface area contributed by atoms with Crippen molar-refractivity contribution in [3.05, 3.63) is 23.8 Å². The van der Waals surface area contributed by atoms with Crippen LogP contribution in [0.3, 0.4) is 0 Å². The summed E-state index contributed by atoms with van der Waals surface area (Å²) in [5.41, 5.74) is 0.428. The number of rotatable bonds is 15. The third kappa shape index (κ3) is 8.98. The van der Waals surface area contributed by atoms with Gasteiger partial charge in [0.25, 0.3) is 0 Å². The lowest BCUT2D eigenvalue weighted by Gasteiger charge is -2.20. The molecule has 1 aromatic rings. The van der Waals surface area contributed by atoms with E-state index in [1.165, 1.54) is 32.1 Å². The first-order chi connectivity index (χ1) is 13.0. The second-order valence-electron chi connectivity index (χ2n) is 7.53. The standard InChI is InChI=1S/C23H40O4/c1-5-9-11-18(7-3)16-26-21-14-13-20(23(24)25)15-22(21)27-17-19(8-4)12-10-6-2/h13-15,18-19,23-25H,5-12,16-17H2,1-4H3. The molecular formula is C23H40O4. The fourth-order valence-corrected chi connectivity index (χ4v) is 3.13. The molecule has 2 unspecified atom stereocenters. The van der Waals surface area contributed by atoms with Crippen LogP contribution in [0, 0.1) is 11.8 Å². The maximum atomic E-state index is 9.49. The minimum atomic E-state index is -1.50. The van der Waals surface area contributed by atoms with Crippen LogP contribution < -0.4 is 9.47 Å². The molecule has 0 heterocycles. The summed E-state index contributed by atoms with van der Waals surface area (Å²) in [7, 11) is 0. The summed E-state index contributed by atoms with van der Waals surface area (Å²) in [5, 5.41) is 19.0. The first-order valence-electron chi connectivity index (χ1n) is 10.8. The zero-order chi connectivity index (χ0) is 20.1. The molecule has 4 heteroatoms. The lowest BCUT2D eigenvalue weighted by atomic mass is 10.0. The highest BCUT2D eigenvalue weighted by Crippen LogP contribution is 2.32. The van der Waals surface area contributed by atoms with E-state index in [4.69, 9.17) is 9.47 Å². The van der Waals surface area contributed by atoms with E-state index in [-0.39, 0.29) is 0 Å². The Kier molecular flexibility index (Phi) is 12.2. The van der Waals surface area contributed by atoms with Gasteiger partial charge < -0.3 is 19.7 Å². The van der Waals surface area contributed by atoms with E-state index >= 15 is 0 Å². The topological polar surface area (TPSA) is 58.9 Å². The molecule has 0 aliphatic carbocycles. The summed E-state index contributed by atoms with van der Waals surface area (Å²) in [6.45, 7) is 10.1. The van der Waals surface area contributed by atoms with E-state index < -0.39 is 6.29 Å². The van der Waals surface area contributed by atoms with Crippen molar-refractivity contribution >= 4 is 0 Å². The van der Waals surface area contributed by atoms with Crippen molar-refractivity contribution in [2.75, 3.05) is 13.2 Å². The van der Waals surface area contributed by atoms with Crippen LogP contribution in [0.15, 0.2) is 18.2 Å². The van der Waals surface area contributed by atoms with Gasteiger partial charge in [0.1, 0.15) is 0 Å². The molecule has 2 atom stereocenters. The Labute approximate surface area is 165 Å². The quantitative estimate of drug-likeness (QED) is 0.374. The van der Waals surface area contributed by atoms with Gasteiger partial charge in [0.2, 0.25) is 0 Å². The highest BCUT2D eigenvalue weighted by Gasteiger charge is 2.15. The van der Waals surface area contributed by atoms with Crippen molar-refractivity contribution in [2.45, 2.75) is 85.4 Å². The first-order valence-corrected chi connectivity index (χ1v) is 10.8. The molecule has 0 saturated heterocycles. The van der Waals surface area contributed by atoms with Crippen LogP contribution in [0.1, 0.15) is 90.9 Å². The molecule has 0 aromatic heterocycles.